The van der Waals surface area contributed by atoms with Gasteiger partial charge in [0.05, 0.1) is 6.10 Å². The molecule has 5 heteroatoms. The molecule has 2 rings (SSSR count). The number of aliphatic hydroxyl groups excluding tert-OH is 1. The van der Waals surface area contributed by atoms with Crippen molar-refractivity contribution in [3.63, 3.8) is 0 Å². The number of rotatable bonds is 3. The molecule has 0 saturated heterocycles. The molecule has 2 atom stereocenters. The Morgan fingerprint density at radius 2 is 2.27 bits per heavy atom. The zero-order valence-electron chi connectivity index (χ0n) is 8.94. The molecule has 1 saturated carbocycles. The van der Waals surface area contributed by atoms with E-state index in [1.165, 1.54) is 18.0 Å². The van der Waals surface area contributed by atoms with E-state index >= 15 is 0 Å². The van der Waals surface area contributed by atoms with E-state index in [0.717, 1.165) is 36.8 Å². The number of aromatic nitrogens is 2. The summed E-state index contributed by atoms with van der Waals surface area (Å²) in [6, 6.07) is 0. The minimum Gasteiger partial charge on any atom is -0.393 e. The number of hydrogen-bond acceptors (Lipinski definition) is 5. The summed E-state index contributed by atoms with van der Waals surface area (Å²) in [6.07, 6.45) is 4.32. The fourth-order valence-electron chi connectivity index (χ4n) is 2.01. The van der Waals surface area contributed by atoms with Gasteiger partial charge in [0.25, 0.3) is 0 Å². The second-order valence-corrected chi connectivity index (χ2v) is 4.89. The van der Waals surface area contributed by atoms with Crippen LogP contribution in [0.5, 0.6) is 0 Å². The van der Waals surface area contributed by atoms with Gasteiger partial charge >= 0.3 is 0 Å². The van der Waals surface area contributed by atoms with Crippen LogP contribution in [0, 0.1) is 12.8 Å². The molecule has 15 heavy (non-hydrogen) atoms. The lowest BCUT2D eigenvalue weighted by Gasteiger charge is -2.27. The molecule has 4 nitrogen and oxygen atoms in total. The minimum absolute atomic E-state index is 0.139. The van der Waals surface area contributed by atoms with Crippen LogP contribution in [0.2, 0.25) is 0 Å². The predicted molar refractivity (Wildman–Crippen MR) is 61.1 cm³/mol. The molecule has 2 N–H and O–H groups in total. The first kappa shape index (κ1) is 10.8. The summed E-state index contributed by atoms with van der Waals surface area (Å²) in [5.74, 6) is 1.19. The summed E-state index contributed by atoms with van der Waals surface area (Å²) in [6.45, 7) is 2.70. The molecule has 1 fully saturated rings. The van der Waals surface area contributed by atoms with Crippen LogP contribution in [0.3, 0.4) is 0 Å². The van der Waals surface area contributed by atoms with Crippen LogP contribution in [0.1, 0.15) is 31.5 Å². The third-order valence-corrected chi connectivity index (χ3v) is 3.68. The molecule has 1 heterocycles. The van der Waals surface area contributed by atoms with E-state index in [1.807, 2.05) is 6.92 Å². The average molecular weight is 227 g/mol. The highest BCUT2D eigenvalue weighted by molar-refractivity contribution is 7.09. The van der Waals surface area contributed by atoms with E-state index < -0.39 is 0 Å². The number of nitrogens with one attached hydrogen (secondary N) is 1. The molecule has 1 aliphatic carbocycles. The molecule has 0 amide bonds. The number of nitrogens with zero attached hydrogens (tertiary/aromatic N) is 2. The molecule has 2 unspecified atom stereocenters. The number of aliphatic hydroxyl groups is 1. The summed E-state index contributed by atoms with van der Waals surface area (Å²) in [7, 11) is 0. The van der Waals surface area contributed by atoms with Gasteiger partial charge in [-0.05, 0) is 19.8 Å². The normalized spacial score (nSPS) is 26.5. The van der Waals surface area contributed by atoms with Crippen LogP contribution in [0.15, 0.2) is 0 Å². The molecule has 0 aromatic carbocycles. The van der Waals surface area contributed by atoms with E-state index in [9.17, 15) is 5.11 Å². The van der Waals surface area contributed by atoms with E-state index in [4.69, 9.17) is 0 Å². The minimum atomic E-state index is -0.139. The Morgan fingerprint density at radius 3 is 2.93 bits per heavy atom. The van der Waals surface area contributed by atoms with Gasteiger partial charge in [-0.15, -0.1) is 0 Å². The van der Waals surface area contributed by atoms with Gasteiger partial charge in [-0.2, -0.15) is 4.37 Å². The Labute approximate surface area is 93.9 Å². The first-order valence-electron chi connectivity index (χ1n) is 5.48. The Hall–Kier alpha value is -0.680. The zero-order chi connectivity index (χ0) is 10.7. The zero-order valence-corrected chi connectivity index (χ0v) is 9.76. The molecule has 0 bridgehead atoms. The monoisotopic (exact) mass is 227 g/mol. The van der Waals surface area contributed by atoms with Crippen molar-refractivity contribution in [3.05, 3.63) is 5.82 Å². The summed E-state index contributed by atoms with van der Waals surface area (Å²) in [5, 5.41) is 13.9. The standard InChI is InChI=1S/C10H17N3OS/c1-7-12-10(15-13-7)11-6-8-4-2-3-5-9(8)14/h8-9,14H,2-6H2,1H3,(H,11,12,13). The van der Waals surface area contributed by atoms with Crippen LogP contribution in [-0.4, -0.2) is 27.1 Å². The largest absolute Gasteiger partial charge is 0.393 e. The maximum atomic E-state index is 9.78. The van der Waals surface area contributed by atoms with Gasteiger partial charge in [0, 0.05) is 24.0 Å². The van der Waals surface area contributed by atoms with E-state index in [-0.39, 0.29) is 6.10 Å². The Kier molecular flexibility index (Phi) is 3.53. The first-order valence-corrected chi connectivity index (χ1v) is 6.25. The summed E-state index contributed by atoms with van der Waals surface area (Å²) < 4.78 is 4.10. The van der Waals surface area contributed by atoms with Gasteiger partial charge in [0.15, 0.2) is 0 Å². The van der Waals surface area contributed by atoms with Crippen LogP contribution >= 0.6 is 11.5 Å². The topological polar surface area (TPSA) is 58.0 Å². The lowest BCUT2D eigenvalue weighted by atomic mass is 9.86. The van der Waals surface area contributed by atoms with Crippen molar-refractivity contribution < 1.29 is 5.11 Å². The quantitative estimate of drug-likeness (QED) is 0.827. The SMILES string of the molecule is Cc1nsc(NCC2CCCCC2O)n1. The van der Waals surface area contributed by atoms with E-state index in [2.05, 4.69) is 14.7 Å². The molecule has 1 aromatic rings. The van der Waals surface area contributed by atoms with Crippen molar-refractivity contribution in [1.82, 2.24) is 9.36 Å². The highest BCUT2D eigenvalue weighted by Crippen LogP contribution is 2.24. The van der Waals surface area contributed by atoms with Gasteiger partial charge < -0.3 is 10.4 Å². The summed E-state index contributed by atoms with van der Waals surface area (Å²) >= 11 is 1.39. The summed E-state index contributed by atoms with van der Waals surface area (Å²) in [4.78, 5) is 4.23. The van der Waals surface area contributed by atoms with Crippen LogP contribution in [0.4, 0.5) is 5.13 Å². The van der Waals surface area contributed by atoms with E-state index in [1.54, 1.807) is 0 Å². The van der Waals surface area contributed by atoms with Gasteiger partial charge in [-0.1, -0.05) is 12.8 Å². The van der Waals surface area contributed by atoms with Crippen molar-refractivity contribution >= 4 is 16.7 Å². The first-order chi connectivity index (χ1) is 7.25. The van der Waals surface area contributed by atoms with Crippen molar-refractivity contribution in [1.29, 1.82) is 0 Å². The molecule has 0 aliphatic heterocycles. The van der Waals surface area contributed by atoms with Gasteiger partial charge in [0.2, 0.25) is 5.13 Å². The third kappa shape index (κ3) is 2.89. The van der Waals surface area contributed by atoms with E-state index in [0.29, 0.717) is 5.92 Å². The maximum absolute atomic E-state index is 9.78. The molecule has 0 spiro atoms. The molecular formula is C10H17N3OS. The van der Waals surface area contributed by atoms with Gasteiger partial charge in [-0.3, -0.25) is 0 Å². The lowest BCUT2D eigenvalue weighted by molar-refractivity contribution is 0.0763. The van der Waals surface area contributed by atoms with Crippen LogP contribution in [0.25, 0.3) is 0 Å². The molecule has 84 valence electrons. The fraction of sp³-hybridized carbons (Fsp3) is 0.800. The predicted octanol–water partition coefficient (Wildman–Crippen LogP) is 1.81. The average Bonchev–Trinajstić information content (AvgIpc) is 2.63. The Balaban J connectivity index is 1.81. The molecule has 1 aliphatic rings. The fourth-order valence-corrected chi connectivity index (χ4v) is 2.59. The lowest BCUT2D eigenvalue weighted by Crippen LogP contribution is -2.30. The smallest absolute Gasteiger partial charge is 0.202 e. The van der Waals surface area contributed by atoms with Crippen molar-refractivity contribution in [2.45, 2.75) is 38.7 Å². The molecule has 1 aromatic heterocycles. The molecule has 0 radical (unpaired) electrons. The van der Waals surface area contributed by atoms with Crippen LogP contribution < -0.4 is 5.32 Å². The number of hydrogen-bond donors (Lipinski definition) is 2. The highest BCUT2D eigenvalue weighted by Gasteiger charge is 2.22. The Bertz CT molecular complexity index is 315. The van der Waals surface area contributed by atoms with Crippen molar-refractivity contribution in [2.75, 3.05) is 11.9 Å². The van der Waals surface area contributed by atoms with Gasteiger partial charge in [0.1, 0.15) is 5.82 Å². The second kappa shape index (κ2) is 4.90. The van der Waals surface area contributed by atoms with Gasteiger partial charge in [-0.25, -0.2) is 4.98 Å². The third-order valence-electron chi connectivity index (χ3n) is 2.91. The molecular weight excluding hydrogens is 210 g/mol. The van der Waals surface area contributed by atoms with Crippen molar-refractivity contribution in [2.24, 2.45) is 5.92 Å². The van der Waals surface area contributed by atoms with Crippen LogP contribution in [-0.2, 0) is 0 Å². The van der Waals surface area contributed by atoms with Crippen molar-refractivity contribution in [3.8, 4) is 0 Å². The number of anilines is 1. The number of aryl methyl sites for hydroxylation is 1. The summed E-state index contributed by atoms with van der Waals surface area (Å²) in [5.41, 5.74) is 0. The Morgan fingerprint density at radius 1 is 1.47 bits per heavy atom. The maximum Gasteiger partial charge on any atom is 0.202 e. The second-order valence-electron chi connectivity index (χ2n) is 4.14. The highest BCUT2D eigenvalue weighted by atomic mass is 32.1.